The monoisotopic (exact) mass is 245 g/mol. The Hall–Kier alpha value is -1.61. The van der Waals surface area contributed by atoms with Gasteiger partial charge in [0.05, 0.1) is 4.90 Å². The van der Waals surface area contributed by atoms with Crippen LogP contribution in [0, 0.1) is 13.8 Å². The van der Waals surface area contributed by atoms with Crippen LogP contribution < -0.4 is 4.72 Å². The van der Waals surface area contributed by atoms with Crippen molar-refractivity contribution in [3.8, 4) is 0 Å². The Morgan fingerprint density at radius 2 is 1.29 bits per heavy atom. The van der Waals surface area contributed by atoms with E-state index in [9.17, 15) is 4.21 Å². The van der Waals surface area contributed by atoms with Gasteiger partial charge in [0, 0.05) is 5.69 Å². The molecule has 0 bridgehead atoms. The molecule has 0 radical (unpaired) electrons. The lowest BCUT2D eigenvalue weighted by Crippen LogP contribution is -2.04. The van der Waals surface area contributed by atoms with Crippen LogP contribution in [0.3, 0.4) is 0 Å². The van der Waals surface area contributed by atoms with Crippen molar-refractivity contribution in [3.05, 3.63) is 59.7 Å². The van der Waals surface area contributed by atoms with E-state index in [2.05, 4.69) is 4.72 Å². The molecule has 0 saturated heterocycles. The molecule has 0 aromatic heterocycles. The summed E-state index contributed by atoms with van der Waals surface area (Å²) in [5, 5.41) is 0. The fraction of sp³-hybridized carbons (Fsp3) is 0.143. The molecule has 0 aliphatic rings. The number of hydrogen-bond acceptors (Lipinski definition) is 1. The fourth-order valence-electron chi connectivity index (χ4n) is 1.45. The van der Waals surface area contributed by atoms with Gasteiger partial charge in [-0.25, -0.2) is 4.21 Å². The van der Waals surface area contributed by atoms with Crippen molar-refractivity contribution in [1.82, 2.24) is 0 Å². The first-order chi connectivity index (χ1) is 8.15. The average Bonchev–Trinajstić information content (AvgIpc) is 2.33. The molecule has 3 heteroatoms. The molecule has 2 rings (SSSR count). The third kappa shape index (κ3) is 3.17. The number of aryl methyl sites for hydroxylation is 2. The lowest BCUT2D eigenvalue weighted by atomic mass is 10.2. The van der Waals surface area contributed by atoms with Crippen molar-refractivity contribution in [2.24, 2.45) is 0 Å². The van der Waals surface area contributed by atoms with E-state index in [1.807, 2.05) is 62.4 Å². The highest BCUT2D eigenvalue weighted by Gasteiger charge is 2.03. The molecular formula is C14H15NOS. The molecule has 0 aliphatic carbocycles. The summed E-state index contributed by atoms with van der Waals surface area (Å²) in [6, 6.07) is 15.5. The SMILES string of the molecule is Cc1ccc(N[S@@](=O)c2ccc(C)cc2)cc1. The Kier molecular flexibility index (Phi) is 3.59. The summed E-state index contributed by atoms with van der Waals surface area (Å²) in [6.07, 6.45) is 0. The second kappa shape index (κ2) is 5.15. The molecule has 2 aromatic rings. The maximum Gasteiger partial charge on any atom is 0.150 e. The van der Waals surface area contributed by atoms with Crippen molar-refractivity contribution in [2.45, 2.75) is 18.7 Å². The maximum atomic E-state index is 12.0. The zero-order valence-electron chi connectivity index (χ0n) is 9.94. The van der Waals surface area contributed by atoms with Gasteiger partial charge in [-0.3, -0.25) is 0 Å². The average molecular weight is 245 g/mol. The second-order valence-electron chi connectivity index (χ2n) is 4.05. The largest absolute Gasteiger partial charge is 0.301 e. The predicted molar refractivity (Wildman–Crippen MR) is 72.4 cm³/mol. The number of anilines is 1. The molecule has 2 nitrogen and oxygen atoms in total. The van der Waals surface area contributed by atoms with Crippen LogP contribution >= 0.6 is 0 Å². The highest BCUT2D eigenvalue weighted by Crippen LogP contribution is 2.14. The van der Waals surface area contributed by atoms with E-state index in [1.165, 1.54) is 11.1 Å². The van der Waals surface area contributed by atoms with Gasteiger partial charge in [-0.2, -0.15) is 0 Å². The molecule has 1 N–H and O–H groups in total. The van der Waals surface area contributed by atoms with Gasteiger partial charge in [-0.15, -0.1) is 0 Å². The second-order valence-corrected chi connectivity index (χ2v) is 5.26. The van der Waals surface area contributed by atoms with E-state index in [1.54, 1.807) is 0 Å². The topological polar surface area (TPSA) is 29.1 Å². The molecule has 0 heterocycles. The summed E-state index contributed by atoms with van der Waals surface area (Å²) in [5.41, 5.74) is 3.23. The Morgan fingerprint density at radius 3 is 1.82 bits per heavy atom. The molecule has 0 spiro atoms. The zero-order valence-corrected chi connectivity index (χ0v) is 10.8. The molecule has 0 saturated carbocycles. The van der Waals surface area contributed by atoms with E-state index in [0.717, 1.165) is 10.6 Å². The van der Waals surface area contributed by atoms with Crippen molar-refractivity contribution in [1.29, 1.82) is 0 Å². The summed E-state index contributed by atoms with van der Waals surface area (Å²) in [5.74, 6) is 0. The third-order valence-corrected chi connectivity index (χ3v) is 3.62. The van der Waals surface area contributed by atoms with Gasteiger partial charge in [0.2, 0.25) is 0 Å². The normalized spacial score (nSPS) is 12.1. The maximum absolute atomic E-state index is 12.0. The highest BCUT2D eigenvalue weighted by atomic mass is 32.2. The van der Waals surface area contributed by atoms with Crippen LogP contribution in [0.2, 0.25) is 0 Å². The Morgan fingerprint density at radius 1 is 0.824 bits per heavy atom. The standard InChI is InChI=1S/C14H15NOS/c1-11-3-7-13(8-4-11)15-17(16)14-9-5-12(2)6-10-14/h3-10,15H,1-2H3/t17-/m0/s1. The molecule has 0 fully saturated rings. The minimum atomic E-state index is -1.20. The Bertz CT molecular complexity index is 517. The Balaban J connectivity index is 2.11. The number of benzene rings is 2. The van der Waals surface area contributed by atoms with Gasteiger partial charge in [0.25, 0.3) is 0 Å². The highest BCUT2D eigenvalue weighted by molar-refractivity contribution is 7.86. The van der Waals surface area contributed by atoms with Gasteiger partial charge in [0.1, 0.15) is 11.0 Å². The summed E-state index contributed by atoms with van der Waals surface area (Å²) in [7, 11) is -1.20. The van der Waals surface area contributed by atoms with Crippen LogP contribution in [0.4, 0.5) is 5.69 Å². The van der Waals surface area contributed by atoms with Gasteiger partial charge in [0.15, 0.2) is 0 Å². The van der Waals surface area contributed by atoms with Gasteiger partial charge in [-0.1, -0.05) is 35.4 Å². The molecule has 88 valence electrons. The Labute approximate surface area is 104 Å². The van der Waals surface area contributed by atoms with Gasteiger partial charge >= 0.3 is 0 Å². The van der Waals surface area contributed by atoms with Crippen LogP contribution in [-0.2, 0) is 11.0 Å². The molecule has 0 unspecified atom stereocenters. The van der Waals surface area contributed by atoms with Crippen molar-refractivity contribution in [2.75, 3.05) is 4.72 Å². The van der Waals surface area contributed by atoms with Crippen LogP contribution in [0.1, 0.15) is 11.1 Å². The van der Waals surface area contributed by atoms with Crippen LogP contribution in [0.5, 0.6) is 0 Å². The lowest BCUT2D eigenvalue weighted by Gasteiger charge is -2.06. The van der Waals surface area contributed by atoms with E-state index in [0.29, 0.717) is 0 Å². The molecule has 2 aromatic carbocycles. The third-order valence-electron chi connectivity index (χ3n) is 2.50. The van der Waals surface area contributed by atoms with Crippen molar-refractivity contribution in [3.63, 3.8) is 0 Å². The quantitative estimate of drug-likeness (QED) is 0.881. The van der Waals surface area contributed by atoms with E-state index in [-0.39, 0.29) is 0 Å². The van der Waals surface area contributed by atoms with E-state index < -0.39 is 11.0 Å². The summed E-state index contributed by atoms with van der Waals surface area (Å²) in [4.78, 5) is 0.788. The van der Waals surface area contributed by atoms with Crippen LogP contribution in [0.15, 0.2) is 53.4 Å². The fourth-order valence-corrected chi connectivity index (χ4v) is 2.30. The lowest BCUT2D eigenvalue weighted by molar-refractivity contribution is 0.686. The first kappa shape index (κ1) is 11.9. The smallest absolute Gasteiger partial charge is 0.150 e. The van der Waals surface area contributed by atoms with E-state index >= 15 is 0 Å². The molecular weight excluding hydrogens is 230 g/mol. The van der Waals surface area contributed by atoms with Crippen LogP contribution in [-0.4, -0.2) is 4.21 Å². The summed E-state index contributed by atoms with van der Waals surface area (Å²) >= 11 is 0. The van der Waals surface area contributed by atoms with Crippen LogP contribution in [0.25, 0.3) is 0 Å². The number of hydrogen-bond donors (Lipinski definition) is 1. The first-order valence-electron chi connectivity index (χ1n) is 5.47. The van der Waals surface area contributed by atoms with Gasteiger partial charge < -0.3 is 4.72 Å². The summed E-state index contributed by atoms with van der Waals surface area (Å²) < 4.78 is 15.0. The minimum absolute atomic E-state index is 0.788. The summed E-state index contributed by atoms with van der Waals surface area (Å²) in [6.45, 7) is 4.04. The molecule has 1 atom stereocenters. The minimum Gasteiger partial charge on any atom is -0.301 e. The number of nitrogens with one attached hydrogen (secondary N) is 1. The predicted octanol–water partition coefficient (Wildman–Crippen LogP) is 3.44. The molecule has 17 heavy (non-hydrogen) atoms. The number of rotatable bonds is 3. The van der Waals surface area contributed by atoms with Crippen molar-refractivity contribution < 1.29 is 4.21 Å². The van der Waals surface area contributed by atoms with Crippen molar-refractivity contribution >= 4 is 16.7 Å². The zero-order chi connectivity index (χ0) is 12.3. The molecule has 0 aliphatic heterocycles. The van der Waals surface area contributed by atoms with Gasteiger partial charge in [-0.05, 0) is 38.1 Å². The first-order valence-corrected chi connectivity index (χ1v) is 6.62. The molecule has 0 amide bonds. The van der Waals surface area contributed by atoms with E-state index in [4.69, 9.17) is 0 Å².